The molecule has 0 rings (SSSR count). The minimum atomic E-state index is -5.05. The number of aliphatic hydroxyl groups excluding tert-OH is 2. The fourth-order valence-electron chi connectivity index (χ4n) is 4.30. The molecule has 0 fully saturated rings. The topological polar surface area (TPSA) is 166 Å². The van der Waals surface area contributed by atoms with Crippen molar-refractivity contribution in [1.29, 1.82) is 0 Å². The molecular weight excluding hydrogens is 565 g/mol. The Labute approximate surface area is 262 Å². The molecule has 0 unspecified atom stereocenters. The largest absolute Gasteiger partial charge is 0.574 e. The Hall–Kier alpha value is -1.07. The van der Waals surface area contributed by atoms with Gasteiger partial charge in [0.15, 0.2) is 0 Å². The molecule has 0 heterocycles. The highest BCUT2D eigenvalue weighted by Gasteiger charge is 2.27. The van der Waals surface area contributed by atoms with Gasteiger partial charge in [0, 0.05) is 19.4 Å². The van der Waals surface area contributed by atoms with Crippen molar-refractivity contribution in [3.05, 3.63) is 0 Å². The molecule has 0 amide bonds. The van der Waals surface area contributed by atoms with E-state index < -0.39 is 72.0 Å². The number of hydrogen-bond acceptors (Lipinski definition) is 9. The van der Waals surface area contributed by atoms with Crippen LogP contribution < -0.4 is 0 Å². The molecule has 11 nitrogen and oxygen atoms in total. The number of hydrogen-bond donors (Lipinski definition) is 4. The number of phosphoric acid groups is 1. The number of aliphatic hydroxyl groups is 2. The first-order valence-corrected chi connectivity index (χ1v) is 17.1. The fourth-order valence-corrected chi connectivity index (χ4v) is 4.73. The van der Waals surface area contributed by atoms with Crippen molar-refractivity contribution in [2.24, 2.45) is 0 Å². The van der Waals surface area contributed by atoms with Crippen LogP contribution in [0.1, 0.15) is 150 Å². The maximum Gasteiger partial charge on any atom is 0.574 e. The molecule has 1 radical (unpaired) electrons. The summed E-state index contributed by atoms with van der Waals surface area (Å²) in [6.45, 7) is -5.64. The number of carbonyl (C=O) groups is 2. The molecular formula is C30H60NO10P+. The van der Waals surface area contributed by atoms with Crippen molar-refractivity contribution in [1.82, 2.24) is 5.06 Å². The molecule has 0 aromatic carbocycles. The Kier molecular flexibility index (Phi) is 20.2. The summed E-state index contributed by atoms with van der Waals surface area (Å²) >= 11 is 0. The van der Waals surface area contributed by atoms with Gasteiger partial charge in [-0.15, -0.1) is 0 Å². The van der Waals surface area contributed by atoms with Gasteiger partial charge in [-0.05, 0) is 12.8 Å². The molecule has 0 saturated heterocycles. The second kappa shape index (κ2) is 27.5. The molecule has 0 bridgehead atoms. The van der Waals surface area contributed by atoms with Crippen molar-refractivity contribution in [2.45, 2.75) is 154 Å². The Morgan fingerprint density at radius 1 is 0.714 bits per heavy atom. The van der Waals surface area contributed by atoms with Crippen LogP contribution >= 0.6 is 7.82 Å². The average Bonchev–Trinajstić information content (AvgIpc) is 2.94. The van der Waals surface area contributed by atoms with Crippen LogP contribution in [-0.4, -0.2) is 75.5 Å². The molecule has 4 N–H and O–H groups in total. The summed E-state index contributed by atoms with van der Waals surface area (Å²) in [5.41, 5.74) is 0. The molecule has 2 atom stereocenters. The number of rotatable bonds is 30. The summed E-state index contributed by atoms with van der Waals surface area (Å²) in [5, 5.41) is 21.1. The van der Waals surface area contributed by atoms with Gasteiger partial charge in [-0.1, -0.05) is 116 Å². The van der Waals surface area contributed by atoms with Gasteiger partial charge in [-0.3, -0.25) is 4.79 Å². The van der Waals surface area contributed by atoms with E-state index in [2.05, 4.69) is 4.62 Å². The third-order valence-corrected chi connectivity index (χ3v) is 6.98. The number of nitrogens with zero attached hydrogens (tertiary/aromatic N) is 1. The standard InChI is InChI=1S/C30H60NO10P/c1-3-5-7-9-11-13-15-17-19-21-29(34)39-25-27(32)23-31(41-42(36,37)38)24-28(33)26-40-30(35)22-20-18-16-14-12-10-8-6-4-2/h27-28,32-33H,3-26H2,1-2H3,(H2,36,37,38)/q+1/t27-,28-/m0/s1/i1D3,2D3. The Balaban J connectivity index is 4.12. The van der Waals surface area contributed by atoms with Crippen LogP contribution in [0.5, 0.6) is 0 Å². The maximum atomic E-state index is 12.0. The molecule has 0 aliphatic rings. The lowest BCUT2D eigenvalue weighted by Crippen LogP contribution is -2.40. The van der Waals surface area contributed by atoms with E-state index in [0.717, 1.165) is 77.0 Å². The summed E-state index contributed by atoms with van der Waals surface area (Å²) < 4.78 is 69.2. The Morgan fingerprint density at radius 2 is 1.12 bits per heavy atom. The van der Waals surface area contributed by atoms with Gasteiger partial charge in [-0.25, -0.2) is 4.57 Å². The van der Waals surface area contributed by atoms with Crippen LogP contribution in [0.4, 0.5) is 0 Å². The van der Waals surface area contributed by atoms with Gasteiger partial charge in [0.25, 0.3) is 0 Å². The predicted octanol–water partition coefficient (Wildman–Crippen LogP) is 5.96. The second-order valence-electron chi connectivity index (χ2n) is 10.7. The Bertz CT molecular complexity index is 833. The van der Waals surface area contributed by atoms with Crippen LogP contribution in [-0.2, 0) is 28.3 Å². The quantitative estimate of drug-likeness (QED) is 0.0243. The van der Waals surface area contributed by atoms with Crippen molar-refractivity contribution in [3.63, 3.8) is 0 Å². The lowest BCUT2D eigenvalue weighted by Gasteiger charge is -2.25. The van der Waals surface area contributed by atoms with Crippen molar-refractivity contribution in [2.75, 3.05) is 26.3 Å². The second-order valence-corrected chi connectivity index (χ2v) is 11.9. The third-order valence-electron chi connectivity index (χ3n) is 6.54. The maximum absolute atomic E-state index is 12.0. The summed E-state index contributed by atoms with van der Waals surface area (Å²) in [4.78, 5) is 42.5. The summed E-state index contributed by atoms with van der Waals surface area (Å²) in [6.07, 6.45) is 11.8. The molecule has 0 aliphatic carbocycles. The Morgan fingerprint density at radius 3 is 1.57 bits per heavy atom. The van der Waals surface area contributed by atoms with E-state index in [0.29, 0.717) is 30.7 Å². The monoisotopic (exact) mass is 631 g/mol. The van der Waals surface area contributed by atoms with Gasteiger partial charge >= 0.3 is 19.8 Å². The van der Waals surface area contributed by atoms with E-state index >= 15 is 0 Å². The molecule has 0 spiro atoms. The molecule has 0 aromatic rings. The van der Waals surface area contributed by atoms with Crippen LogP contribution in [0, 0.1) is 0 Å². The van der Waals surface area contributed by atoms with Gasteiger partial charge in [0.2, 0.25) is 6.61 Å². The lowest BCUT2D eigenvalue weighted by atomic mass is 10.1. The first-order chi connectivity index (χ1) is 22.4. The van der Waals surface area contributed by atoms with Crippen LogP contribution in [0.15, 0.2) is 0 Å². The smallest absolute Gasteiger partial charge is 0.463 e. The van der Waals surface area contributed by atoms with Gasteiger partial charge in [-0.2, -0.15) is 9.69 Å². The SMILES string of the molecule is [2H]C([2H])([2H])CCCCCCCCCCC(=O)OC[C@@H](O)CN(C[C@H](O)COC(=[O+])CCCCCCCCCCC([2H])([2H])[2H])OP(=O)(O)O. The van der Waals surface area contributed by atoms with E-state index in [1.807, 2.05) is 0 Å². The van der Waals surface area contributed by atoms with Crippen LogP contribution in [0.3, 0.4) is 0 Å². The van der Waals surface area contributed by atoms with Crippen molar-refractivity contribution < 1.29 is 56.5 Å². The summed E-state index contributed by atoms with van der Waals surface area (Å²) in [6, 6.07) is 0. The van der Waals surface area contributed by atoms with E-state index in [1.165, 1.54) is 0 Å². The minimum Gasteiger partial charge on any atom is -0.463 e. The highest BCUT2D eigenvalue weighted by Crippen LogP contribution is 2.37. The van der Waals surface area contributed by atoms with E-state index in [1.54, 1.807) is 0 Å². The third kappa shape index (κ3) is 29.0. The molecule has 42 heavy (non-hydrogen) atoms. The molecule has 0 aromatic heterocycles. The fraction of sp³-hybridized carbons (Fsp3) is 0.933. The molecule has 12 heteroatoms. The van der Waals surface area contributed by atoms with Gasteiger partial charge < -0.3 is 29.5 Å². The number of esters is 2. The lowest BCUT2D eigenvalue weighted by molar-refractivity contribution is -0.158. The zero-order valence-electron chi connectivity index (χ0n) is 31.3. The van der Waals surface area contributed by atoms with Crippen molar-refractivity contribution in [3.8, 4) is 0 Å². The number of ether oxygens (including phenoxy) is 2. The zero-order chi connectivity index (χ0) is 36.5. The number of unbranched alkanes of at least 4 members (excludes halogenated alkanes) is 14. The first-order valence-electron chi connectivity index (χ1n) is 18.5. The van der Waals surface area contributed by atoms with Crippen LogP contribution in [0.2, 0.25) is 0 Å². The van der Waals surface area contributed by atoms with Crippen LogP contribution in [0.25, 0.3) is 0 Å². The minimum absolute atomic E-state index is 0.147. The highest BCUT2D eigenvalue weighted by atomic mass is 31.2. The van der Waals surface area contributed by atoms with E-state index in [9.17, 15) is 34.2 Å². The highest BCUT2D eigenvalue weighted by molar-refractivity contribution is 7.46. The van der Waals surface area contributed by atoms with Gasteiger partial charge in [0.05, 0.1) is 13.1 Å². The molecule has 0 aliphatic heterocycles. The normalized spacial score (nSPS) is 16.0. The van der Waals surface area contributed by atoms with E-state index in [-0.39, 0.29) is 25.7 Å². The average molecular weight is 632 g/mol. The summed E-state index contributed by atoms with van der Waals surface area (Å²) in [7, 11) is -5.05. The van der Waals surface area contributed by atoms with Gasteiger partial charge in [0.1, 0.15) is 25.2 Å². The number of carbonyl (C=O) groups excluding carboxylic acids is 2. The molecule has 0 saturated carbocycles. The van der Waals surface area contributed by atoms with E-state index in [4.69, 9.17) is 17.7 Å². The summed E-state index contributed by atoms with van der Waals surface area (Å²) in [5.74, 6) is -1.06. The predicted molar refractivity (Wildman–Crippen MR) is 162 cm³/mol. The number of hydroxylamine groups is 2. The first kappa shape index (κ1) is 30.9. The zero-order valence-corrected chi connectivity index (χ0v) is 26.2. The molecule has 249 valence electrons. The van der Waals surface area contributed by atoms with Crippen molar-refractivity contribution >= 4 is 19.8 Å².